The number of carbonyl (C=O) groups excluding carboxylic acids is 2. The monoisotopic (exact) mass is 380 g/mol. The molecule has 1 saturated heterocycles. The largest absolute Gasteiger partial charge is 0.376 e. The van der Waals surface area contributed by atoms with Crippen molar-refractivity contribution in [1.29, 1.82) is 0 Å². The Morgan fingerprint density at radius 1 is 1.21 bits per heavy atom. The van der Waals surface area contributed by atoms with E-state index in [2.05, 4.69) is 11.9 Å². The Labute approximate surface area is 162 Å². The lowest BCUT2D eigenvalue weighted by Gasteiger charge is -2.26. The highest BCUT2D eigenvalue weighted by Crippen LogP contribution is 2.31. The molecule has 0 radical (unpaired) electrons. The SMILES string of the molecule is C=C1c2ccccc2C(=O)N1CC(=O)N[C@@H](c1ccc(F)cc1)[C@H]1CCCO1. The normalized spacial score (nSPS) is 19.6. The predicted molar refractivity (Wildman–Crippen MR) is 103 cm³/mol. The van der Waals surface area contributed by atoms with Gasteiger partial charge in [-0.15, -0.1) is 0 Å². The van der Waals surface area contributed by atoms with Crippen LogP contribution in [0.5, 0.6) is 0 Å². The lowest BCUT2D eigenvalue weighted by molar-refractivity contribution is -0.123. The molecule has 0 unspecified atom stereocenters. The Morgan fingerprint density at radius 2 is 1.93 bits per heavy atom. The van der Waals surface area contributed by atoms with Crippen molar-refractivity contribution in [3.8, 4) is 0 Å². The highest BCUT2D eigenvalue weighted by atomic mass is 19.1. The van der Waals surface area contributed by atoms with Crippen LogP contribution in [-0.4, -0.2) is 36.0 Å². The summed E-state index contributed by atoms with van der Waals surface area (Å²) in [5, 5.41) is 2.97. The molecule has 0 aliphatic carbocycles. The van der Waals surface area contributed by atoms with Gasteiger partial charge in [0.15, 0.2) is 0 Å². The lowest BCUT2D eigenvalue weighted by atomic mass is 9.99. The number of hydrogen-bond acceptors (Lipinski definition) is 3. The summed E-state index contributed by atoms with van der Waals surface area (Å²) in [4.78, 5) is 26.8. The molecule has 0 spiro atoms. The molecule has 2 amide bonds. The van der Waals surface area contributed by atoms with E-state index < -0.39 is 6.04 Å². The van der Waals surface area contributed by atoms with Crippen molar-refractivity contribution in [3.05, 3.63) is 77.6 Å². The topological polar surface area (TPSA) is 58.6 Å². The Balaban J connectivity index is 1.50. The second-order valence-corrected chi connectivity index (χ2v) is 7.03. The fraction of sp³-hybridized carbons (Fsp3) is 0.273. The number of fused-ring (bicyclic) bond motifs is 1. The maximum atomic E-state index is 13.3. The number of nitrogens with one attached hydrogen (secondary N) is 1. The second-order valence-electron chi connectivity index (χ2n) is 7.03. The second kappa shape index (κ2) is 7.56. The van der Waals surface area contributed by atoms with Crippen molar-refractivity contribution in [1.82, 2.24) is 10.2 Å². The third-order valence-electron chi connectivity index (χ3n) is 5.22. The number of hydrogen-bond donors (Lipinski definition) is 1. The molecule has 2 aliphatic heterocycles. The van der Waals surface area contributed by atoms with Crippen molar-refractivity contribution in [2.45, 2.75) is 25.0 Å². The number of carbonyl (C=O) groups is 2. The van der Waals surface area contributed by atoms with Crippen LogP contribution >= 0.6 is 0 Å². The molecule has 28 heavy (non-hydrogen) atoms. The first-order valence-corrected chi connectivity index (χ1v) is 9.31. The van der Waals surface area contributed by atoms with Gasteiger partial charge in [0.25, 0.3) is 5.91 Å². The Bertz CT molecular complexity index is 885. The van der Waals surface area contributed by atoms with Crippen LogP contribution < -0.4 is 5.32 Å². The van der Waals surface area contributed by atoms with Gasteiger partial charge in [0.05, 0.1) is 12.1 Å². The third kappa shape index (κ3) is 3.43. The van der Waals surface area contributed by atoms with Crippen molar-refractivity contribution < 1.29 is 18.7 Å². The van der Waals surface area contributed by atoms with E-state index in [0.29, 0.717) is 17.9 Å². The fourth-order valence-electron chi connectivity index (χ4n) is 3.79. The van der Waals surface area contributed by atoms with Gasteiger partial charge in [-0.25, -0.2) is 4.39 Å². The van der Waals surface area contributed by atoms with Crippen LogP contribution in [-0.2, 0) is 9.53 Å². The molecule has 1 N–H and O–H groups in total. The van der Waals surface area contributed by atoms with Crippen LogP contribution in [0.25, 0.3) is 5.70 Å². The van der Waals surface area contributed by atoms with Gasteiger partial charge in [0, 0.05) is 23.4 Å². The summed E-state index contributed by atoms with van der Waals surface area (Å²) in [6, 6.07) is 12.8. The van der Waals surface area contributed by atoms with Crippen LogP contribution in [0, 0.1) is 5.82 Å². The van der Waals surface area contributed by atoms with Crippen molar-refractivity contribution in [3.63, 3.8) is 0 Å². The number of nitrogens with zero attached hydrogens (tertiary/aromatic N) is 1. The number of amides is 2. The lowest BCUT2D eigenvalue weighted by Crippen LogP contribution is -2.42. The van der Waals surface area contributed by atoms with Gasteiger partial charge in [-0.05, 0) is 36.6 Å². The maximum Gasteiger partial charge on any atom is 0.259 e. The summed E-state index contributed by atoms with van der Waals surface area (Å²) in [6.45, 7) is 4.47. The number of ether oxygens (including phenoxy) is 1. The molecule has 0 saturated carbocycles. The molecular weight excluding hydrogens is 359 g/mol. The standard InChI is InChI=1S/C22H21FN2O3/c1-14-17-5-2-3-6-18(17)22(27)25(14)13-20(26)24-21(19-7-4-12-28-19)15-8-10-16(23)11-9-15/h2-3,5-6,8-11,19,21H,1,4,7,12-13H2,(H,24,26)/t19-,21+/m1/s1. The molecule has 2 atom stereocenters. The zero-order chi connectivity index (χ0) is 19.7. The molecule has 0 bridgehead atoms. The summed E-state index contributed by atoms with van der Waals surface area (Å²) < 4.78 is 19.1. The quantitative estimate of drug-likeness (QED) is 0.866. The molecule has 5 nitrogen and oxygen atoms in total. The summed E-state index contributed by atoms with van der Waals surface area (Å²) in [5.41, 5.74) is 2.59. The summed E-state index contributed by atoms with van der Waals surface area (Å²) in [7, 11) is 0. The Hall–Kier alpha value is -2.99. The van der Waals surface area contributed by atoms with E-state index in [1.54, 1.807) is 24.3 Å². The average molecular weight is 380 g/mol. The smallest absolute Gasteiger partial charge is 0.259 e. The molecule has 2 aliphatic rings. The van der Waals surface area contributed by atoms with Crippen LogP contribution in [0.2, 0.25) is 0 Å². The van der Waals surface area contributed by atoms with Gasteiger partial charge in [0.2, 0.25) is 5.91 Å². The number of halogens is 1. The van der Waals surface area contributed by atoms with Crippen molar-refractivity contribution in [2.75, 3.05) is 13.2 Å². The van der Waals surface area contributed by atoms with Gasteiger partial charge in [-0.1, -0.05) is 36.9 Å². The van der Waals surface area contributed by atoms with Gasteiger partial charge in [-0.2, -0.15) is 0 Å². The van der Waals surface area contributed by atoms with Crippen LogP contribution in [0.3, 0.4) is 0 Å². The Morgan fingerprint density at radius 3 is 2.57 bits per heavy atom. The van der Waals surface area contributed by atoms with E-state index in [1.807, 2.05) is 12.1 Å². The minimum atomic E-state index is -0.399. The molecule has 6 heteroatoms. The zero-order valence-corrected chi connectivity index (χ0v) is 15.4. The first kappa shape index (κ1) is 18.4. The molecule has 1 fully saturated rings. The van der Waals surface area contributed by atoms with E-state index in [4.69, 9.17) is 4.74 Å². The highest BCUT2D eigenvalue weighted by Gasteiger charge is 2.34. The van der Waals surface area contributed by atoms with E-state index in [1.165, 1.54) is 17.0 Å². The maximum absolute atomic E-state index is 13.3. The van der Waals surface area contributed by atoms with E-state index >= 15 is 0 Å². The molecule has 0 aromatic heterocycles. The first-order valence-electron chi connectivity index (χ1n) is 9.31. The molecule has 144 valence electrons. The molecular formula is C22H21FN2O3. The van der Waals surface area contributed by atoms with Gasteiger partial charge < -0.3 is 10.1 Å². The summed E-state index contributed by atoms with van der Waals surface area (Å²) >= 11 is 0. The number of benzene rings is 2. The first-order chi connectivity index (χ1) is 13.5. The molecule has 2 aromatic carbocycles. The third-order valence-corrected chi connectivity index (χ3v) is 5.22. The number of rotatable bonds is 5. The fourth-order valence-corrected chi connectivity index (χ4v) is 3.79. The zero-order valence-electron chi connectivity index (χ0n) is 15.4. The van der Waals surface area contributed by atoms with E-state index in [9.17, 15) is 14.0 Å². The van der Waals surface area contributed by atoms with Crippen LogP contribution in [0.1, 0.15) is 40.4 Å². The van der Waals surface area contributed by atoms with Crippen LogP contribution in [0.15, 0.2) is 55.1 Å². The van der Waals surface area contributed by atoms with Crippen molar-refractivity contribution in [2.24, 2.45) is 0 Å². The molecule has 2 aromatic rings. The Kier molecular flexibility index (Phi) is 4.96. The summed E-state index contributed by atoms with van der Waals surface area (Å²) in [6.07, 6.45) is 1.54. The van der Waals surface area contributed by atoms with E-state index in [-0.39, 0.29) is 30.3 Å². The molecule has 2 heterocycles. The predicted octanol–water partition coefficient (Wildman–Crippen LogP) is 3.29. The van der Waals surface area contributed by atoms with E-state index in [0.717, 1.165) is 24.0 Å². The van der Waals surface area contributed by atoms with Crippen LogP contribution in [0.4, 0.5) is 4.39 Å². The van der Waals surface area contributed by atoms with Gasteiger partial charge >= 0.3 is 0 Å². The minimum Gasteiger partial charge on any atom is -0.376 e. The minimum absolute atomic E-state index is 0.128. The van der Waals surface area contributed by atoms with Crippen molar-refractivity contribution >= 4 is 17.5 Å². The van der Waals surface area contributed by atoms with Gasteiger partial charge in [0.1, 0.15) is 12.4 Å². The summed E-state index contributed by atoms with van der Waals surface area (Å²) in [5.74, 6) is -0.878. The molecule has 4 rings (SSSR count). The highest BCUT2D eigenvalue weighted by molar-refractivity contribution is 6.10. The average Bonchev–Trinajstić information content (AvgIpc) is 3.31. The van der Waals surface area contributed by atoms with Gasteiger partial charge in [-0.3, -0.25) is 14.5 Å².